The highest BCUT2D eigenvalue weighted by Gasteiger charge is 2.09. The van der Waals surface area contributed by atoms with Crippen molar-refractivity contribution in [3.05, 3.63) is 56.4 Å². The maximum atomic E-state index is 12.7. The molecule has 1 aromatic heterocycles. The van der Waals surface area contributed by atoms with E-state index in [0.717, 1.165) is 3.79 Å². The number of carbonyl (C=O) groups is 2. The van der Waals surface area contributed by atoms with Crippen molar-refractivity contribution in [3.8, 4) is 0 Å². The molecule has 7 heteroatoms. The Kier molecular flexibility index (Phi) is 4.86. The Morgan fingerprint density at radius 3 is 2.50 bits per heavy atom. The van der Waals surface area contributed by atoms with Crippen LogP contribution in [-0.2, 0) is 11.2 Å². The first-order chi connectivity index (χ1) is 9.54. The van der Waals surface area contributed by atoms with Crippen molar-refractivity contribution < 1.29 is 14.0 Å². The molecule has 0 aliphatic rings. The zero-order valence-electron chi connectivity index (χ0n) is 10.2. The van der Waals surface area contributed by atoms with Gasteiger partial charge in [0.15, 0.2) is 0 Å². The minimum Gasteiger partial charge on any atom is -0.273 e. The first-order valence-corrected chi connectivity index (χ1v) is 7.29. The fraction of sp³-hybridized carbons (Fsp3) is 0.0769. The average molecular weight is 357 g/mol. The number of benzene rings is 1. The lowest BCUT2D eigenvalue weighted by molar-refractivity contribution is -0.121. The molecule has 2 aromatic rings. The van der Waals surface area contributed by atoms with Crippen molar-refractivity contribution in [2.24, 2.45) is 0 Å². The predicted molar refractivity (Wildman–Crippen MR) is 77.7 cm³/mol. The van der Waals surface area contributed by atoms with E-state index in [9.17, 15) is 14.0 Å². The van der Waals surface area contributed by atoms with Gasteiger partial charge in [-0.3, -0.25) is 20.4 Å². The first-order valence-electron chi connectivity index (χ1n) is 5.62. The number of hydrogen-bond donors (Lipinski definition) is 2. The van der Waals surface area contributed by atoms with Gasteiger partial charge in [-0.15, -0.1) is 11.3 Å². The van der Waals surface area contributed by atoms with Crippen LogP contribution >= 0.6 is 27.3 Å². The number of carbonyl (C=O) groups excluding carboxylic acids is 2. The summed E-state index contributed by atoms with van der Waals surface area (Å²) < 4.78 is 13.5. The van der Waals surface area contributed by atoms with Crippen LogP contribution in [0, 0.1) is 5.82 Å². The second-order valence-electron chi connectivity index (χ2n) is 3.95. The molecular weight excluding hydrogens is 347 g/mol. The fourth-order valence-corrected chi connectivity index (χ4v) is 2.60. The van der Waals surface area contributed by atoms with E-state index in [4.69, 9.17) is 0 Å². The van der Waals surface area contributed by atoms with Gasteiger partial charge in [-0.25, -0.2) is 4.39 Å². The highest BCUT2D eigenvalue weighted by Crippen LogP contribution is 2.20. The molecule has 0 aliphatic heterocycles. The van der Waals surface area contributed by atoms with Gasteiger partial charge in [0.2, 0.25) is 5.91 Å². The summed E-state index contributed by atoms with van der Waals surface area (Å²) >= 11 is 4.63. The van der Waals surface area contributed by atoms with Crippen LogP contribution < -0.4 is 10.9 Å². The van der Waals surface area contributed by atoms with Gasteiger partial charge in [0.05, 0.1) is 15.8 Å². The molecule has 0 fully saturated rings. The van der Waals surface area contributed by atoms with Crippen molar-refractivity contribution in [3.63, 3.8) is 0 Å². The van der Waals surface area contributed by atoms with Gasteiger partial charge in [-0.1, -0.05) is 12.1 Å². The SMILES string of the molecule is O=C(Cc1ccc(F)cc1)NNC(=O)c1csc(Br)c1. The average Bonchev–Trinajstić information content (AvgIpc) is 2.85. The van der Waals surface area contributed by atoms with Gasteiger partial charge in [-0.05, 0) is 39.7 Å². The number of amides is 2. The van der Waals surface area contributed by atoms with E-state index in [1.165, 1.54) is 35.6 Å². The van der Waals surface area contributed by atoms with E-state index >= 15 is 0 Å². The van der Waals surface area contributed by atoms with E-state index in [1.54, 1.807) is 11.4 Å². The third kappa shape index (κ3) is 4.14. The molecule has 1 aromatic carbocycles. The first kappa shape index (κ1) is 14.7. The predicted octanol–water partition coefficient (Wildman–Crippen LogP) is 2.65. The molecule has 2 rings (SSSR count). The Morgan fingerprint density at radius 2 is 1.90 bits per heavy atom. The molecule has 0 aliphatic carbocycles. The molecule has 0 atom stereocenters. The van der Waals surface area contributed by atoms with E-state index in [1.807, 2.05) is 0 Å². The summed E-state index contributed by atoms with van der Waals surface area (Å²) in [4.78, 5) is 23.3. The summed E-state index contributed by atoms with van der Waals surface area (Å²) in [6.45, 7) is 0. The molecule has 0 spiro atoms. The summed E-state index contributed by atoms with van der Waals surface area (Å²) in [7, 11) is 0. The Hall–Kier alpha value is -1.73. The van der Waals surface area contributed by atoms with Gasteiger partial charge in [0.25, 0.3) is 5.91 Å². The molecule has 20 heavy (non-hydrogen) atoms. The number of halogens is 2. The number of thiophene rings is 1. The van der Waals surface area contributed by atoms with Crippen LogP contribution in [0.2, 0.25) is 0 Å². The number of rotatable bonds is 3. The topological polar surface area (TPSA) is 58.2 Å². The molecule has 104 valence electrons. The Balaban J connectivity index is 1.83. The highest BCUT2D eigenvalue weighted by molar-refractivity contribution is 9.11. The molecular formula is C13H10BrFN2O2S. The van der Waals surface area contributed by atoms with Crippen LogP contribution in [0.1, 0.15) is 15.9 Å². The molecule has 0 saturated heterocycles. The summed E-state index contributed by atoms with van der Waals surface area (Å²) in [5, 5.41) is 1.67. The zero-order valence-corrected chi connectivity index (χ0v) is 12.6. The summed E-state index contributed by atoms with van der Waals surface area (Å²) in [6, 6.07) is 7.26. The molecule has 0 bridgehead atoms. The standard InChI is InChI=1S/C13H10BrFN2O2S/c14-11-6-9(7-20-11)13(19)17-16-12(18)5-8-1-3-10(15)4-2-8/h1-4,6-7H,5H2,(H,16,18)(H,17,19). The Labute approximate surface area is 127 Å². The van der Waals surface area contributed by atoms with Crippen LogP contribution in [0.25, 0.3) is 0 Å². The largest absolute Gasteiger partial charge is 0.273 e. The molecule has 2 amide bonds. The van der Waals surface area contributed by atoms with E-state index < -0.39 is 0 Å². The monoisotopic (exact) mass is 356 g/mol. The maximum Gasteiger partial charge on any atom is 0.270 e. The van der Waals surface area contributed by atoms with E-state index in [2.05, 4.69) is 26.8 Å². The molecule has 0 unspecified atom stereocenters. The molecule has 4 nitrogen and oxygen atoms in total. The highest BCUT2D eigenvalue weighted by atomic mass is 79.9. The third-order valence-electron chi connectivity index (χ3n) is 2.42. The second-order valence-corrected chi connectivity index (χ2v) is 6.24. The minimum absolute atomic E-state index is 0.0634. The lowest BCUT2D eigenvalue weighted by Gasteiger charge is -2.06. The minimum atomic E-state index is -0.389. The summed E-state index contributed by atoms with van der Waals surface area (Å²) in [5.41, 5.74) is 5.75. The van der Waals surface area contributed by atoms with Crippen molar-refractivity contribution >= 4 is 39.1 Å². The van der Waals surface area contributed by atoms with Crippen molar-refractivity contribution in [2.45, 2.75) is 6.42 Å². The van der Waals surface area contributed by atoms with Gasteiger partial charge in [0.1, 0.15) is 5.82 Å². The van der Waals surface area contributed by atoms with Crippen LogP contribution in [0.3, 0.4) is 0 Å². The van der Waals surface area contributed by atoms with Crippen molar-refractivity contribution in [1.82, 2.24) is 10.9 Å². The van der Waals surface area contributed by atoms with E-state index in [-0.39, 0.29) is 24.1 Å². The lowest BCUT2D eigenvalue weighted by Crippen LogP contribution is -2.42. The number of hydrazine groups is 1. The fourth-order valence-electron chi connectivity index (χ4n) is 1.46. The quantitative estimate of drug-likeness (QED) is 0.830. The van der Waals surface area contributed by atoms with Gasteiger partial charge < -0.3 is 0 Å². The Morgan fingerprint density at radius 1 is 1.20 bits per heavy atom. The van der Waals surface area contributed by atoms with Gasteiger partial charge >= 0.3 is 0 Å². The van der Waals surface area contributed by atoms with Crippen LogP contribution in [0.5, 0.6) is 0 Å². The molecule has 1 heterocycles. The van der Waals surface area contributed by atoms with E-state index in [0.29, 0.717) is 11.1 Å². The smallest absolute Gasteiger partial charge is 0.270 e. The van der Waals surface area contributed by atoms with Gasteiger partial charge in [0, 0.05) is 5.38 Å². The zero-order chi connectivity index (χ0) is 14.5. The normalized spacial score (nSPS) is 10.1. The van der Waals surface area contributed by atoms with Crippen LogP contribution in [-0.4, -0.2) is 11.8 Å². The second kappa shape index (κ2) is 6.62. The van der Waals surface area contributed by atoms with Crippen LogP contribution in [0.4, 0.5) is 4.39 Å². The van der Waals surface area contributed by atoms with Crippen molar-refractivity contribution in [1.29, 1.82) is 0 Å². The summed E-state index contributed by atoms with van der Waals surface area (Å²) in [6.07, 6.45) is 0.0634. The van der Waals surface area contributed by atoms with Crippen LogP contribution in [0.15, 0.2) is 39.5 Å². The Bertz CT molecular complexity index is 628. The molecule has 0 saturated carbocycles. The third-order valence-corrected chi connectivity index (χ3v) is 3.93. The summed E-state index contributed by atoms with van der Waals surface area (Å²) in [5.74, 6) is -1.12. The molecule has 0 radical (unpaired) electrons. The van der Waals surface area contributed by atoms with Gasteiger partial charge in [-0.2, -0.15) is 0 Å². The number of nitrogens with one attached hydrogen (secondary N) is 2. The lowest BCUT2D eigenvalue weighted by atomic mass is 10.1. The number of hydrogen-bond acceptors (Lipinski definition) is 3. The molecule has 2 N–H and O–H groups in total. The van der Waals surface area contributed by atoms with Crippen molar-refractivity contribution in [2.75, 3.05) is 0 Å². The maximum absolute atomic E-state index is 12.7.